The van der Waals surface area contributed by atoms with Crippen molar-refractivity contribution in [3.63, 3.8) is 0 Å². The molecule has 0 aliphatic carbocycles. The third-order valence-corrected chi connectivity index (χ3v) is 4.70. The van der Waals surface area contributed by atoms with Gasteiger partial charge < -0.3 is 14.4 Å². The summed E-state index contributed by atoms with van der Waals surface area (Å²) in [4.78, 5) is 12.5. The van der Waals surface area contributed by atoms with E-state index in [2.05, 4.69) is 5.16 Å². The van der Waals surface area contributed by atoms with Crippen LogP contribution in [0.15, 0.2) is 53.1 Å². The number of halogens is 1. The molecule has 0 radical (unpaired) electrons. The number of ether oxygens (including phenoxy) is 1. The van der Waals surface area contributed by atoms with Crippen molar-refractivity contribution in [2.75, 3.05) is 0 Å². The van der Waals surface area contributed by atoms with Gasteiger partial charge in [-0.2, -0.15) is 0 Å². The monoisotopic (exact) mass is 385 g/mol. The Hall–Kier alpha value is -2.63. The first-order valence-corrected chi connectivity index (χ1v) is 8.96. The van der Waals surface area contributed by atoms with E-state index < -0.39 is 6.10 Å². The van der Waals surface area contributed by atoms with E-state index in [1.165, 1.54) is 0 Å². The normalized spacial score (nSPS) is 12.0. The Morgan fingerprint density at radius 2 is 1.93 bits per heavy atom. The summed E-state index contributed by atoms with van der Waals surface area (Å²) in [6, 6.07) is 14.5. The van der Waals surface area contributed by atoms with E-state index in [9.17, 15) is 4.79 Å². The maximum atomic E-state index is 12.5. The summed E-state index contributed by atoms with van der Waals surface area (Å²) in [5, 5.41) is 13.7. The number of nitrogens with zero attached hydrogens (tertiary/aromatic N) is 1. The average Bonchev–Trinajstić information content (AvgIpc) is 3.02. The van der Waals surface area contributed by atoms with Gasteiger partial charge in [0.1, 0.15) is 6.10 Å². The second-order valence-corrected chi connectivity index (χ2v) is 6.67. The van der Waals surface area contributed by atoms with Crippen LogP contribution in [0.25, 0.3) is 11.3 Å². The predicted octanol–water partition coefficient (Wildman–Crippen LogP) is 4.64. The van der Waals surface area contributed by atoms with Crippen molar-refractivity contribution in [3.05, 3.63) is 75.9 Å². The fourth-order valence-electron chi connectivity index (χ4n) is 2.84. The second kappa shape index (κ2) is 8.37. The number of aromatic nitrogens is 1. The van der Waals surface area contributed by atoms with Gasteiger partial charge in [0.05, 0.1) is 18.7 Å². The molecule has 0 amide bonds. The zero-order valence-corrected chi connectivity index (χ0v) is 15.9. The standard InChI is InChI=1S/C21H20ClNO4/c1-13-18(21(27-23-13)16-9-7-15(12-24)8-10-16)11-20(25)26-14(2)17-5-3-4-6-19(17)22/h3-10,14,24H,11-12H2,1-2H3. The molecule has 5 nitrogen and oxygen atoms in total. The van der Waals surface area contributed by atoms with E-state index in [1.807, 2.05) is 30.3 Å². The number of carbonyl (C=O) groups is 1. The van der Waals surface area contributed by atoms with Gasteiger partial charge in [-0.1, -0.05) is 59.2 Å². The van der Waals surface area contributed by atoms with Crippen molar-refractivity contribution in [3.8, 4) is 11.3 Å². The van der Waals surface area contributed by atoms with E-state index in [4.69, 9.17) is 26.0 Å². The molecule has 0 saturated heterocycles. The van der Waals surface area contributed by atoms with Crippen LogP contribution in [0.2, 0.25) is 5.02 Å². The van der Waals surface area contributed by atoms with E-state index in [0.717, 1.165) is 16.7 Å². The topological polar surface area (TPSA) is 72.6 Å². The van der Waals surface area contributed by atoms with Crippen molar-refractivity contribution >= 4 is 17.6 Å². The summed E-state index contributed by atoms with van der Waals surface area (Å²) < 4.78 is 11.0. The molecule has 1 heterocycles. The van der Waals surface area contributed by atoms with E-state index in [1.54, 1.807) is 32.0 Å². The fraction of sp³-hybridized carbons (Fsp3) is 0.238. The van der Waals surface area contributed by atoms with Crippen molar-refractivity contribution in [1.29, 1.82) is 0 Å². The van der Waals surface area contributed by atoms with Gasteiger partial charge in [0.2, 0.25) is 0 Å². The first kappa shape index (κ1) is 19.1. The third-order valence-electron chi connectivity index (χ3n) is 4.36. The van der Waals surface area contributed by atoms with Crippen molar-refractivity contribution in [2.45, 2.75) is 33.0 Å². The van der Waals surface area contributed by atoms with Crippen LogP contribution in [0.1, 0.15) is 35.4 Å². The molecule has 140 valence electrons. The minimum Gasteiger partial charge on any atom is -0.457 e. The zero-order chi connectivity index (χ0) is 19.4. The second-order valence-electron chi connectivity index (χ2n) is 6.26. The van der Waals surface area contributed by atoms with Gasteiger partial charge in [0.15, 0.2) is 5.76 Å². The maximum Gasteiger partial charge on any atom is 0.311 e. The molecule has 0 spiro atoms. The fourth-order valence-corrected chi connectivity index (χ4v) is 3.13. The Morgan fingerprint density at radius 1 is 1.22 bits per heavy atom. The molecule has 0 aliphatic rings. The molecule has 27 heavy (non-hydrogen) atoms. The number of rotatable bonds is 6. The summed E-state index contributed by atoms with van der Waals surface area (Å²) in [6.07, 6.45) is -0.417. The Balaban J connectivity index is 1.76. The molecule has 2 aromatic carbocycles. The Kier molecular flexibility index (Phi) is 5.94. The quantitative estimate of drug-likeness (QED) is 0.625. The Bertz CT molecular complexity index is 934. The van der Waals surface area contributed by atoms with Gasteiger partial charge in [-0.05, 0) is 25.5 Å². The van der Waals surface area contributed by atoms with Gasteiger partial charge in [-0.15, -0.1) is 0 Å². The molecule has 1 atom stereocenters. The highest BCUT2D eigenvalue weighted by atomic mass is 35.5. The molecule has 1 N–H and O–H groups in total. The van der Waals surface area contributed by atoms with E-state index >= 15 is 0 Å². The number of hydrogen-bond donors (Lipinski definition) is 1. The molecule has 0 bridgehead atoms. The number of benzene rings is 2. The number of aliphatic hydroxyl groups excluding tert-OH is 1. The van der Waals surface area contributed by atoms with Crippen molar-refractivity contribution < 1.29 is 19.2 Å². The lowest BCUT2D eigenvalue weighted by atomic mass is 10.0. The van der Waals surface area contributed by atoms with E-state index in [0.29, 0.717) is 22.0 Å². The van der Waals surface area contributed by atoms with Gasteiger partial charge in [-0.25, -0.2) is 0 Å². The molecule has 3 aromatic rings. The predicted molar refractivity (Wildman–Crippen MR) is 102 cm³/mol. The Labute approximate surface area is 162 Å². The summed E-state index contributed by atoms with van der Waals surface area (Å²) in [5.74, 6) is 0.140. The highest BCUT2D eigenvalue weighted by Crippen LogP contribution is 2.29. The van der Waals surface area contributed by atoms with Crippen LogP contribution in [-0.4, -0.2) is 16.2 Å². The van der Waals surface area contributed by atoms with Crippen LogP contribution in [0, 0.1) is 6.92 Å². The van der Waals surface area contributed by atoms with Crippen LogP contribution >= 0.6 is 11.6 Å². The third kappa shape index (κ3) is 4.38. The highest BCUT2D eigenvalue weighted by Gasteiger charge is 2.21. The molecule has 0 fully saturated rings. The van der Waals surface area contributed by atoms with Gasteiger partial charge in [-0.3, -0.25) is 4.79 Å². The molecular weight excluding hydrogens is 366 g/mol. The summed E-state index contributed by atoms with van der Waals surface area (Å²) in [6.45, 7) is 3.54. The minimum atomic E-state index is -0.460. The average molecular weight is 386 g/mol. The summed E-state index contributed by atoms with van der Waals surface area (Å²) in [7, 11) is 0. The highest BCUT2D eigenvalue weighted by molar-refractivity contribution is 6.31. The molecule has 1 aromatic heterocycles. The number of aliphatic hydroxyl groups is 1. The van der Waals surface area contributed by atoms with Crippen LogP contribution in [0.4, 0.5) is 0 Å². The SMILES string of the molecule is Cc1noc(-c2ccc(CO)cc2)c1CC(=O)OC(C)c1ccccc1Cl. The van der Waals surface area contributed by atoms with Crippen molar-refractivity contribution in [2.24, 2.45) is 0 Å². The summed E-state index contributed by atoms with van der Waals surface area (Å²) in [5.41, 5.74) is 3.66. The number of hydrogen-bond acceptors (Lipinski definition) is 5. The molecule has 1 unspecified atom stereocenters. The minimum absolute atomic E-state index is 0.0329. The van der Waals surface area contributed by atoms with Crippen LogP contribution in [-0.2, 0) is 22.6 Å². The maximum absolute atomic E-state index is 12.5. The molecule has 0 aliphatic heterocycles. The lowest BCUT2D eigenvalue weighted by Gasteiger charge is -2.15. The smallest absolute Gasteiger partial charge is 0.311 e. The number of esters is 1. The molecule has 6 heteroatoms. The zero-order valence-electron chi connectivity index (χ0n) is 15.1. The summed E-state index contributed by atoms with van der Waals surface area (Å²) >= 11 is 6.17. The first-order chi connectivity index (χ1) is 13.0. The van der Waals surface area contributed by atoms with Gasteiger partial charge in [0.25, 0.3) is 0 Å². The number of carbonyl (C=O) groups excluding carboxylic acids is 1. The lowest BCUT2D eigenvalue weighted by molar-refractivity contribution is -0.147. The Morgan fingerprint density at radius 3 is 2.59 bits per heavy atom. The first-order valence-electron chi connectivity index (χ1n) is 8.58. The number of aryl methyl sites for hydroxylation is 1. The van der Waals surface area contributed by atoms with Crippen molar-refractivity contribution in [1.82, 2.24) is 5.16 Å². The molecule has 0 saturated carbocycles. The van der Waals surface area contributed by atoms with E-state index in [-0.39, 0.29) is 19.0 Å². The van der Waals surface area contributed by atoms with Crippen LogP contribution < -0.4 is 0 Å². The molecule has 3 rings (SSSR count). The largest absolute Gasteiger partial charge is 0.457 e. The molecular formula is C21H20ClNO4. The van der Waals surface area contributed by atoms with Crippen LogP contribution in [0.3, 0.4) is 0 Å². The van der Waals surface area contributed by atoms with Gasteiger partial charge in [0, 0.05) is 21.7 Å². The lowest BCUT2D eigenvalue weighted by Crippen LogP contribution is -2.12. The van der Waals surface area contributed by atoms with Crippen LogP contribution in [0.5, 0.6) is 0 Å². The van der Waals surface area contributed by atoms with Gasteiger partial charge >= 0.3 is 5.97 Å².